The number of hydrogen-bond donors (Lipinski definition) is 0. The summed E-state index contributed by atoms with van der Waals surface area (Å²) in [7, 11) is -3.81. The van der Waals surface area contributed by atoms with Crippen LogP contribution in [-0.2, 0) is 26.1 Å². The molecule has 1 aromatic heterocycles. The fraction of sp³-hybridized carbons (Fsp3) is 0.304. The quantitative estimate of drug-likeness (QED) is 0.398. The van der Waals surface area contributed by atoms with E-state index in [1.807, 2.05) is 19.9 Å². The Bertz CT molecular complexity index is 1390. The van der Waals surface area contributed by atoms with Crippen LogP contribution in [0, 0.1) is 13.8 Å². The molecule has 0 atom stereocenters. The maximum Gasteiger partial charge on any atom is 0.340 e. The van der Waals surface area contributed by atoms with Gasteiger partial charge in [0.1, 0.15) is 12.2 Å². The van der Waals surface area contributed by atoms with E-state index >= 15 is 0 Å². The molecular weight excluding hydrogens is 470 g/mol. The molecule has 1 aliphatic rings. The minimum Gasteiger partial charge on any atom is -0.457 e. The second-order valence-corrected chi connectivity index (χ2v) is 10.1. The van der Waals surface area contributed by atoms with Crippen LogP contribution in [0.4, 0.5) is 0 Å². The second-order valence-electron chi connectivity index (χ2n) is 7.71. The fourth-order valence-corrected chi connectivity index (χ4v) is 5.25. The molecule has 0 spiro atoms. The van der Waals surface area contributed by atoms with Crippen molar-refractivity contribution in [2.45, 2.75) is 25.3 Å². The zero-order valence-corrected chi connectivity index (χ0v) is 19.7. The van der Waals surface area contributed by atoms with Crippen LogP contribution < -0.4 is 5.63 Å². The van der Waals surface area contributed by atoms with E-state index in [9.17, 15) is 18.0 Å². The molecule has 33 heavy (non-hydrogen) atoms. The molecule has 1 aliphatic heterocycles. The first kappa shape index (κ1) is 23.4. The van der Waals surface area contributed by atoms with Crippen LogP contribution in [0.3, 0.4) is 0 Å². The lowest BCUT2D eigenvalue weighted by atomic mass is 10.0. The van der Waals surface area contributed by atoms with Crippen molar-refractivity contribution in [1.82, 2.24) is 4.31 Å². The molecule has 4 rings (SSSR count). The van der Waals surface area contributed by atoms with Crippen molar-refractivity contribution in [3.8, 4) is 0 Å². The lowest BCUT2D eigenvalue weighted by Gasteiger charge is -2.26. The number of sulfonamides is 1. The highest BCUT2D eigenvalue weighted by molar-refractivity contribution is 7.89. The van der Waals surface area contributed by atoms with Crippen LogP contribution in [0.5, 0.6) is 0 Å². The molecule has 8 nitrogen and oxygen atoms in total. The number of aryl methyl sites for hydroxylation is 2. The molecule has 1 fully saturated rings. The number of carbonyl (C=O) groups is 1. The van der Waals surface area contributed by atoms with Gasteiger partial charge in [0.15, 0.2) is 0 Å². The average Bonchev–Trinajstić information content (AvgIpc) is 2.80. The van der Waals surface area contributed by atoms with Crippen LogP contribution in [0.15, 0.2) is 50.5 Å². The number of rotatable bonds is 5. The Morgan fingerprint density at radius 3 is 2.58 bits per heavy atom. The van der Waals surface area contributed by atoms with Gasteiger partial charge in [-0.2, -0.15) is 4.31 Å². The van der Waals surface area contributed by atoms with E-state index in [1.54, 1.807) is 6.07 Å². The molecule has 0 amide bonds. The minimum atomic E-state index is -3.81. The van der Waals surface area contributed by atoms with Crippen LogP contribution >= 0.6 is 11.6 Å². The number of hydrogen-bond acceptors (Lipinski definition) is 7. The first-order valence-corrected chi connectivity index (χ1v) is 12.1. The summed E-state index contributed by atoms with van der Waals surface area (Å²) >= 11 is 6.17. The number of benzene rings is 2. The molecule has 0 saturated carbocycles. The summed E-state index contributed by atoms with van der Waals surface area (Å²) in [6, 6.07) is 8.87. The van der Waals surface area contributed by atoms with E-state index in [0.717, 1.165) is 11.1 Å². The van der Waals surface area contributed by atoms with Crippen LogP contribution in [0.1, 0.15) is 27.0 Å². The summed E-state index contributed by atoms with van der Waals surface area (Å²) in [6.07, 6.45) is 0. The number of carbonyl (C=O) groups excluding carboxylic acids is 1. The summed E-state index contributed by atoms with van der Waals surface area (Å²) in [6.45, 7) is 4.61. The summed E-state index contributed by atoms with van der Waals surface area (Å²) in [5.41, 5.74) is 2.06. The van der Waals surface area contributed by atoms with E-state index in [1.165, 1.54) is 28.6 Å². The summed E-state index contributed by atoms with van der Waals surface area (Å²) in [4.78, 5) is 24.8. The molecule has 10 heteroatoms. The number of morpholine rings is 1. The third-order valence-corrected chi connectivity index (χ3v) is 7.87. The monoisotopic (exact) mass is 491 g/mol. The fourth-order valence-electron chi connectivity index (χ4n) is 3.62. The molecule has 0 aliphatic carbocycles. The van der Waals surface area contributed by atoms with Gasteiger partial charge in [0, 0.05) is 30.1 Å². The van der Waals surface area contributed by atoms with Gasteiger partial charge >= 0.3 is 11.6 Å². The Morgan fingerprint density at radius 2 is 1.85 bits per heavy atom. The van der Waals surface area contributed by atoms with Crippen LogP contribution in [0.25, 0.3) is 11.0 Å². The Hall–Kier alpha value is -2.72. The first-order chi connectivity index (χ1) is 15.7. The number of halogens is 1. The third kappa shape index (κ3) is 4.67. The highest BCUT2D eigenvalue weighted by Gasteiger charge is 2.28. The number of fused-ring (bicyclic) bond motifs is 1. The number of ether oxygens (including phenoxy) is 2. The predicted octanol–water partition coefficient (Wildman–Crippen LogP) is 3.44. The molecule has 174 valence electrons. The topological polar surface area (TPSA) is 103 Å². The third-order valence-electron chi connectivity index (χ3n) is 5.64. The minimum absolute atomic E-state index is 0.0577. The van der Waals surface area contributed by atoms with Crippen molar-refractivity contribution < 1.29 is 27.1 Å². The van der Waals surface area contributed by atoms with Crippen molar-refractivity contribution in [2.24, 2.45) is 0 Å². The maximum atomic E-state index is 12.9. The average molecular weight is 492 g/mol. The Kier molecular flexibility index (Phi) is 6.58. The maximum absolute atomic E-state index is 12.9. The normalized spacial score (nSPS) is 15.0. The molecule has 0 bridgehead atoms. The molecule has 0 unspecified atom stereocenters. The highest BCUT2D eigenvalue weighted by Crippen LogP contribution is 2.26. The zero-order valence-electron chi connectivity index (χ0n) is 18.1. The van der Waals surface area contributed by atoms with E-state index in [2.05, 4.69) is 0 Å². The Balaban J connectivity index is 1.61. The van der Waals surface area contributed by atoms with Gasteiger partial charge in [0.05, 0.1) is 28.7 Å². The standard InChI is InChI=1S/C23H22ClNO7S/c1-14-3-5-18-16(11-21(26)32-22(18)15(14)2)13-31-23(27)19-12-17(4-6-20(19)24)33(28,29)25-7-9-30-10-8-25/h3-6,11-12H,7-10,13H2,1-2H3. The van der Waals surface area contributed by atoms with Crippen molar-refractivity contribution in [2.75, 3.05) is 26.3 Å². The largest absolute Gasteiger partial charge is 0.457 e. The molecule has 3 aromatic rings. The van der Waals surface area contributed by atoms with Gasteiger partial charge in [-0.05, 0) is 43.2 Å². The highest BCUT2D eigenvalue weighted by atomic mass is 35.5. The molecule has 2 heterocycles. The Morgan fingerprint density at radius 1 is 1.12 bits per heavy atom. The smallest absolute Gasteiger partial charge is 0.340 e. The molecular formula is C23H22ClNO7S. The van der Waals surface area contributed by atoms with Crippen molar-refractivity contribution >= 4 is 38.6 Å². The first-order valence-electron chi connectivity index (χ1n) is 10.3. The van der Waals surface area contributed by atoms with Gasteiger partial charge in [-0.15, -0.1) is 0 Å². The zero-order chi connectivity index (χ0) is 23.8. The van der Waals surface area contributed by atoms with Gasteiger partial charge in [-0.3, -0.25) is 0 Å². The van der Waals surface area contributed by atoms with Crippen molar-refractivity contribution in [3.05, 3.63) is 74.1 Å². The van der Waals surface area contributed by atoms with Gasteiger partial charge in [-0.25, -0.2) is 18.0 Å². The van der Waals surface area contributed by atoms with E-state index in [-0.39, 0.29) is 35.2 Å². The van der Waals surface area contributed by atoms with Crippen molar-refractivity contribution in [1.29, 1.82) is 0 Å². The van der Waals surface area contributed by atoms with E-state index < -0.39 is 21.6 Å². The predicted molar refractivity (Wildman–Crippen MR) is 122 cm³/mol. The molecule has 2 aromatic carbocycles. The van der Waals surface area contributed by atoms with Gasteiger partial charge in [-0.1, -0.05) is 23.7 Å². The van der Waals surface area contributed by atoms with Crippen LogP contribution in [-0.4, -0.2) is 45.0 Å². The van der Waals surface area contributed by atoms with Gasteiger partial charge < -0.3 is 13.9 Å². The van der Waals surface area contributed by atoms with Gasteiger partial charge in [0.2, 0.25) is 10.0 Å². The molecule has 1 saturated heterocycles. The summed E-state index contributed by atoms with van der Waals surface area (Å²) in [5, 5.41) is 0.713. The summed E-state index contributed by atoms with van der Waals surface area (Å²) < 4.78 is 43.1. The van der Waals surface area contributed by atoms with Crippen molar-refractivity contribution in [3.63, 3.8) is 0 Å². The number of esters is 1. The Labute approximate surface area is 195 Å². The lowest BCUT2D eigenvalue weighted by molar-refractivity contribution is 0.0473. The molecule has 0 radical (unpaired) electrons. The number of nitrogens with zero attached hydrogens (tertiary/aromatic N) is 1. The van der Waals surface area contributed by atoms with E-state index in [4.69, 9.17) is 25.5 Å². The SMILES string of the molecule is Cc1ccc2c(COC(=O)c3cc(S(=O)(=O)N4CCOCC4)ccc3Cl)cc(=O)oc2c1C. The molecule has 0 N–H and O–H groups in total. The summed E-state index contributed by atoms with van der Waals surface area (Å²) in [5.74, 6) is -0.802. The van der Waals surface area contributed by atoms with Crippen LogP contribution in [0.2, 0.25) is 5.02 Å². The van der Waals surface area contributed by atoms with Gasteiger partial charge in [0.25, 0.3) is 0 Å². The second kappa shape index (κ2) is 9.26. The lowest BCUT2D eigenvalue weighted by Crippen LogP contribution is -2.40. The van der Waals surface area contributed by atoms with E-state index in [0.29, 0.717) is 29.7 Å².